The second-order valence-corrected chi connectivity index (χ2v) is 4.65. The molecule has 0 unspecified atom stereocenters. The number of carboxylic acid groups (broad SMARTS) is 1. The number of carboxylic acids is 1. The first kappa shape index (κ1) is 12.6. The van der Waals surface area contributed by atoms with E-state index in [4.69, 9.17) is 10.8 Å². The Hall–Kier alpha value is -0.400. The lowest BCUT2D eigenvalue weighted by molar-refractivity contribution is -0.138. The van der Waals surface area contributed by atoms with Gasteiger partial charge in [0.05, 0.1) is 0 Å². The highest BCUT2D eigenvalue weighted by Crippen LogP contribution is 2.20. The van der Waals surface area contributed by atoms with E-state index in [-0.39, 0.29) is 0 Å². The zero-order valence-corrected chi connectivity index (χ0v) is 8.47. The average Bonchev–Trinajstić information content (AvgIpc) is 2.10. The Morgan fingerprint density at radius 2 is 2.31 bits per heavy atom. The molecule has 3 N–H and O–H groups in total. The highest BCUT2D eigenvalue weighted by Gasteiger charge is 2.10. The highest BCUT2D eigenvalue weighted by atomic mass is 33.1. The number of rotatable bonds is 8. The molecule has 0 aliphatic rings. The molecule has 0 saturated carbocycles. The standard InChI is InChI=1S/C6H11NO4S2/c7-5(6(9)10)3-13-12-2-1-11-4-8/h4-5H,1-3,7H2,(H,9,10)/t5-/m0/s1. The number of ether oxygens (including phenoxy) is 1. The van der Waals surface area contributed by atoms with Crippen LogP contribution in [0.1, 0.15) is 0 Å². The number of hydrogen-bond acceptors (Lipinski definition) is 6. The SMILES string of the molecule is N[C@@H](CSSCCOC=O)C(=O)O. The van der Waals surface area contributed by atoms with Gasteiger partial charge in [0.25, 0.3) is 6.47 Å². The number of hydrogen-bond donors (Lipinski definition) is 2. The van der Waals surface area contributed by atoms with Crippen LogP contribution in [0.5, 0.6) is 0 Å². The van der Waals surface area contributed by atoms with Crippen LogP contribution < -0.4 is 5.73 Å². The third-order valence-electron chi connectivity index (χ3n) is 1.00. The second-order valence-electron chi connectivity index (χ2n) is 2.02. The van der Waals surface area contributed by atoms with Gasteiger partial charge in [0.1, 0.15) is 12.6 Å². The predicted octanol–water partition coefficient (Wildman–Crippen LogP) is -0.0473. The van der Waals surface area contributed by atoms with Crippen molar-refractivity contribution in [3.8, 4) is 0 Å². The number of carbonyl (C=O) groups excluding carboxylic acids is 1. The van der Waals surface area contributed by atoms with E-state index in [9.17, 15) is 9.59 Å². The van der Waals surface area contributed by atoms with E-state index in [1.54, 1.807) is 0 Å². The van der Waals surface area contributed by atoms with Crippen molar-refractivity contribution in [3.05, 3.63) is 0 Å². The van der Waals surface area contributed by atoms with Crippen LogP contribution in [0.4, 0.5) is 0 Å². The predicted molar refractivity (Wildman–Crippen MR) is 52.5 cm³/mol. The van der Waals surface area contributed by atoms with Crippen molar-refractivity contribution in [3.63, 3.8) is 0 Å². The summed E-state index contributed by atoms with van der Waals surface area (Å²) in [6.45, 7) is 0.720. The molecule has 0 heterocycles. The van der Waals surface area contributed by atoms with Crippen LogP contribution in [0.2, 0.25) is 0 Å². The molecule has 7 heteroatoms. The first-order chi connectivity index (χ1) is 6.18. The maximum atomic E-state index is 10.2. The van der Waals surface area contributed by atoms with Crippen molar-refractivity contribution in [2.24, 2.45) is 5.73 Å². The number of aliphatic carboxylic acids is 1. The largest absolute Gasteiger partial charge is 0.480 e. The lowest BCUT2D eigenvalue weighted by Crippen LogP contribution is -2.32. The second kappa shape index (κ2) is 8.21. The molecule has 0 spiro atoms. The quantitative estimate of drug-likeness (QED) is 0.340. The molecule has 0 rings (SSSR count). The van der Waals surface area contributed by atoms with Gasteiger partial charge in [0.15, 0.2) is 0 Å². The van der Waals surface area contributed by atoms with Crippen molar-refractivity contribution < 1.29 is 19.4 Å². The molecule has 13 heavy (non-hydrogen) atoms. The molecule has 0 amide bonds. The molecule has 0 bridgehead atoms. The molecule has 76 valence electrons. The van der Waals surface area contributed by atoms with Gasteiger partial charge in [-0.3, -0.25) is 9.59 Å². The fourth-order valence-corrected chi connectivity index (χ4v) is 2.34. The Labute approximate surface area is 83.8 Å². The Morgan fingerprint density at radius 3 is 2.85 bits per heavy atom. The molecule has 0 radical (unpaired) electrons. The molecule has 1 atom stereocenters. The van der Waals surface area contributed by atoms with Gasteiger partial charge in [-0.05, 0) is 0 Å². The topological polar surface area (TPSA) is 89.6 Å². The van der Waals surface area contributed by atoms with Gasteiger partial charge in [0.2, 0.25) is 0 Å². The third-order valence-corrected chi connectivity index (χ3v) is 3.40. The molecule has 0 aromatic rings. The van der Waals surface area contributed by atoms with Crippen molar-refractivity contribution in [1.29, 1.82) is 0 Å². The van der Waals surface area contributed by atoms with Crippen molar-refractivity contribution in [1.82, 2.24) is 0 Å². The summed E-state index contributed by atoms with van der Waals surface area (Å²) in [5.41, 5.74) is 5.24. The Kier molecular flexibility index (Phi) is 7.96. The molecule has 0 aliphatic carbocycles. The van der Waals surface area contributed by atoms with Crippen LogP contribution in [0.3, 0.4) is 0 Å². The van der Waals surface area contributed by atoms with Crippen LogP contribution >= 0.6 is 21.6 Å². The summed E-state index contributed by atoms with van der Waals surface area (Å²) in [7, 11) is 2.78. The summed E-state index contributed by atoms with van der Waals surface area (Å²) in [5.74, 6) is -0.0196. The van der Waals surface area contributed by atoms with Gasteiger partial charge in [0, 0.05) is 11.5 Å². The lowest BCUT2D eigenvalue weighted by Gasteiger charge is -2.04. The van der Waals surface area contributed by atoms with Gasteiger partial charge in [-0.25, -0.2) is 0 Å². The molecule has 0 aromatic carbocycles. The van der Waals surface area contributed by atoms with Crippen molar-refractivity contribution in [2.45, 2.75) is 6.04 Å². The molecule has 0 fully saturated rings. The molecular formula is C6H11NO4S2. The van der Waals surface area contributed by atoms with E-state index in [1.165, 1.54) is 21.6 Å². The Bertz CT molecular complexity index is 167. The first-order valence-corrected chi connectivity index (χ1v) is 5.95. The van der Waals surface area contributed by atoms with Crippen LogP contribution in [-0.4, -0.2) is 41.7 Å². The molecule has 0 aromatic heterocycles. The monoisotopic (exact) mass is 225 g/mol. The van der Waals surface area contributed by atoms with Gasteiger partial charge in [-0.2, -0.15) is 0 Å². The Balaban J connectivity index is 3.15. The van der Waals surface area contributed by atoms with Crippen molar-refractivity contribution in [2.75, 3.05) is 18.1 Å². The lowest BCUT2D eigenvalue weighted by atomic mass is 10.4. The normalized spacial score (nSPS) is 12.1. The third kappa shape index (κ3) is 7.94. The van der Waals surface area contributed by atoms with E-state index in [1.807, 2.05) is 0 Å². The van der Waals surface area contributed by atoms with Gasteiger partial charge in [-0.15, -0.1) is 0 Å². The summed E-state index contributed by atoms with van der Waals surface area (Å²) >= 11 is 0. The van der Waals surface area contributed by atoms with Crippen LogP contribution in [-0.2, 0) is 14.3 Å². The molecule has 0 saturated heterocycles. The van der Waals surface area contributed by atoms with Crippen LogP contribution in [0.25, 0.3) is 0 Å². The first-order valence-electron chi connectivity index (χ1n) is 3.46. The van der Waals surface area contributed by atoms with E-state index >= 15 is 0 Å². The minimum Gasteiger partial charge on any atom is -0.480 e. The summed E-state index contributed by atoms with van der Waals surface area (Å²) < 4.78 is 4.43. The number of carbonyl (C=O) groups is 2. The summed E-state index contributed by atoms with van der Waals surface area (Å²) in [6, 6.07) is -0.829. The van der Waals surface area contributed by atoms with Crippen molar-refractivity contribution >= 4 is 34.0 Å². The van der Waals surface area contributed by atoms with Crippen LogP contribution in [0.15, 0.2) is 0 Å². The van der Waals surface area contributed by atoms with Gasteiger partial charge >= 0.3 is 5.97 Å². The fourth-order valence-electron chi connectivity index (χ4n) is 0.382. The van der Waals surface area contributed by atoms with E-state index in [2.05, 4.69) is 4.74 Å². The van der Waals surface area contributed by atoms with Crippen LogP contribution in [0, 0.1) is 0 Å². The highest BCUT2D eigenvalue weighted by molar-refractivity contribution is 8.76. The average molecular weight is 225 g/mol. The zero-order valence-electron chi connectivity index (χ0n) is 6.84. The minimum atomic E-state index is -1.00. The summed E-state index contributed by atoms with van der Waals surface area (Å²) in [5, 5.41) is 8.40. The number of nitrogens with two attached hydrogens (primary N) is 1. The van der Waals surface area contributed by atoms with E-state index < -0.39 is 12.0 Å². The zero-order chi connectivity index (χ0) is 10.1. The van der Waals surface area contributed by atoms with Gasteiger partial charge in [-0.1, -0.05) is 21.6 Å². The smallest absolute Gasteiger partial charge is 0.321 e. The maximum Gasteiger partial charge on any atom is 0.321 e. The Morgan fingerprint density at radius 1 is 1.62 bits per heavy atom. The molecule has 0 aliphatic heterocycles. The molecule has 5 nitrogen and oxygen atoms in total. The summed E-state index contributed by atoms with van der Waals surface area (Å²) in [6.07, 6.45) is 0. The molecular weight excluding hydrogens is 214 g/mol. The van der Waals surface area contributed by atoms with E-state index in [0.29, 0.717) is 24.6 Å². The van der Waals surface area contributed by atoms with E-state index in [0.717, 1.165) is 0 Å². The minimum absolute atomic E-state index is 0.337. The fraction of sp³-hybridized carbons (Fsp3) is 0.667. The van der Waals surface area contributed by atoms with Gasteiger partial charge < -0.3 is 15.6 Å². The maximum absolute atomic E-state index is 10.2. The summed E-state index contributed by atoms with van der Waals surface area (Å²) in [4.78, 5) is 19.9.